The summed E-state index contributed by atoms with van der Waals surface area (Å²) in [5.74, 6) is -0.368. The Morgan fingerprint density at radius 1 is 1.29 bits per heavy atom. The molecule has 0 saturated carbocycles. The minimum atomic E-state index is -0.410. The number of thiazole rings is 1. The molecule has 3 aromatic rings. The molecule has 2 N–H and O–H groups in total. The number of hydrogen-bond donors (Lipinski definition) is 2. The Morgan fingerprint density at radius 3 is 2.83 bits per heavy atom. The van der Waals surface area contributed by atoms with Gasteiger partial charge < -0.3 is 10.6 Å². The van der Waals surface area contributed by atoms with Crippen LogP contribution in [0.2, 0.25) is 0 Å². The molecule has 0 aliphatic carbocycles. The third kappa shape index (κ3) is 3.71. The lowest BCUT2D eigenvalue weighted by Gasteiger charge is -2.13. The van der Waals surface area contributed by atoms with Gasteiger partial charge in [0.25, 0.3) is 0 Å². The number of aromatic nitrogens is 1. The first-order valence-electron chi connectivity index (χ1n) is 7.68. The summed E-state index contributed by atoms with van der Waals surface area (Å²) in [7, 11) is 0. The fourth-order valence-electron chi connectivity index (χ4n) is 2.34. The number of anilines is 1. The van der Waals surface area contributed by atoms with Gasteiger partial charge in [-0.05, 0) is 43.2 Å². The van der Waals surface area contributed by atoms with Gasteiger partial charge in [-0.25, -0.2) is 9.37 Å². The standard InChI is InChI=1S/C18H18FN3OS/c1-11-9-13(7-8-14(11)19)10-20-17(23)12(2)21-18-22-15-5-3-4-6-16(15)24-18/h3-9,12H,10H2,1-2H3,(H,20,23)(H,21,22)/t12-/m1/s1. The molecule has 0 aliphatic rings. The van der Waals surface area contributed by atoms with E-state index in [-0.39, 0.29) is 11.7 Å². The topological polar surface area (TPSA) is 54.0 Å². The molecule has 0 fully saturated rings. The molecule has 0 aliphatic heterocycles. The molecule has 4 nitrogen and oxygen atoms in total. The highest BCUT2D eigenvalue weighted by Gasteiger charge is 2.14. The summed E-state index contributed by atoms with van der Waals surface area (Å²) < 4.78 is 14.3. The first-order chi connectivity index (χ1) is 11.5. The van der Waals surface area contributed by atoms with Crippen molar-refractivity contribution in [2.45, 2.75) is 26.4 Å². The molecule has 1 atom stereocenters. The molecule has 0 saturated heterocycles. The predicted octanol–water partition coefficient (Wildman–Crippen LogP) is 3.86. The highest BCUT2D eigenvalue weighted by Crippen LogP contribution is 2.25. The molecular weight excluding hydrogens is 325 g/mol. The highest BCUT2D eigenvalue weighted by molar-refractivity contribution is 7.22. The SMILES string of the molecule is Cc1cc(CNC(=O)[C@@H](C)Nc2nc3ccccc3s2)ccc1F. The second-order valence-electron chi connectivity index (χ2n) is 5.65. The van der Waals surface area contributed by atoms with E-state index in [1.807, 2.05) is 24.3 Å². The molecule has 1 heterocycles. The van der Waals surface area contributed by atoms with E-state index in [2.05, 4.69) is 15.6 Å². The van der Waals surface area contributed by atoms with Crippen molar-refractivity contribution in [1.29, 1.82) is 0 Å². The van der Waals surface area contributed by atoms with E-state index < -0.39 is 6.04 Å². The first kappa shape index (κ1) is 16.4. The molecule has 3 rings (SSSR count). The van der Waals surface area contributed by atoms with Crippen LogP contribution in [0.25, 0.3) is 10.2 Å². The largest absolute Gasteiger partial charge is 0.350 e. The fourth-order valence-corrected chi connectivity index (χ4v) is 3.30. The van der Waals surface area contributed by atoms with Crippen LogP contribution >= 0.6 is 11.3 Å². The summed E-state index contributed by atoms with van der Waals surface area (Å²) in [4.78, 5) is 16.7. The third-order valence-corrected chi connectivity index (χ3v) is 4.68. The molecule has 0 spiro atoms. The van der Waals surface area contributed by atoms with Gasteiger partial charge in [0.05, 0.1) is 10.2 Å². The maximum absolute atomic E-state index is 13.3. The van der Waals surface area contributed by atoms with Gasteiger partial charge in [-0.3, -0.25) is 4.79 Å². The van der Waals surface area contributed by atoms with Crippen LogP contribution in [0.1, 0.15) is 18.1 Å². The molecular formula is C18H18FN3OS. The molecule has 124 valence electrons. The zero-order valence-corrected chi connectivity index (χ0v) is 14.3. The Kier molecular flexibility index (Phi) is 4.76. The van der Waals surface area contributed by atoms with Gasteiger partial charge in [0.2, 0.25) is 5.91 Å². The normalized spacial score (nSPS) is 12.1. The van der Waals surface area contributed by atoms with Gasteiger partial charge in [0, 0.05) is 6.54 Å². The van der Waals surface area contributed by atoms with Gasteiger partial charge in [0.1, 0.15) is 11.9 Å². The minimum Gasteiger partial charge on any atom is -0.350 e. The van der Waals surface area contributed by atoms with Crippen molar-refractivity contribution in [3.63, 3.8) is 0 Å². The number of carbonyl (C=O) groups excluding carboxylic acids is 1. The van der Waals surface area contributed by atoms with Crippen molar-refractivity contribution >= 4 is 32.6 Å². The van der Waals surface area contributed by atoms with Crippen LogP contribution in [-0.2, 0) is 11.3 Å². The van der Waals surface area contributed by atoms with Gasteiger partial charge in [-0.15, -0.1) is 0 Å². The number of amides is 1. The summed E-state index contributed by atoms with van der Waals surface area (Å²) in [6, 6.07) is 12.3. The second-order valence-corrected chi connectivity index (χ2v) is 6.68. The first-order valence-corrected chi connectivity index (χ1v) is 8.49. The van der Waals surface area contributed by atoms with E-state index in [0.29, 0.717) is 12.1 Å². The molecule has 2 aromatic carbocycles. The number of benzene rings is 2. The summed E-state index contributed by atoms with van der Waals surface area (Å²) >= 11 is 1.52. The van der Waals surface area contributed by atoms with Crippen molar-refractivity contribution in [2.24, 2.45) is 0 Å². The summed E-state index contributed by atoms with van der Waals surface area (Å²) in [5.41, 5.74) is 2.36. The minimum absolute atomic E-state index is 0.128. The number of nitrogens with zero attached hydrogens (tertiary/aromatic N) is 1. The smallest absolute Gasteiger partial charge is 0.242 e. The highest BCUT2D eigenvalue weighted by atomic mass is 32.1. The van der Waals surface area contributed by atoms with Crippen molar-refractivity contribution in [1.82, 2.24) is 10.3 Å². The lowest BCUT2D eigenvalue weighted by Crippen LogP contribution is -2.37. The van der Waals surface area contributed by atoms with E-state index in [4.69, 9.17) is 0 Å². The number of rotatable bonds is 5. The number of halogens is 1. The predicted molar refractivity (Wildman–Crippen MR) is 95.7 cm³/mol. The summed E-state index contributed by atoms with van der Waals surface area (Å²) in [6.45, 7) is 3.86. The molecule has 0 unspecified atom stereocenters. The lowest BCUT2D eigenvalue weighted by atomic mass is 10.1. The average Bonchev–Trinajstić information content (AvgIpc) is 2.97. The van der Waals surface area contributed by atoms with Crippen molar-refractivity contribution in [2.75, 3.05) is 5.32 Å². The zero-order valence-electron chi connectivity index (χ0n) is 13.5. The number of hydrogen-bond acceptors (Lipinski definition) is 4. The van der Waals surface area contributed by atoms with Gasteiger partial charge in [-0.2, -0.15) is 0 Å². The average molecular weight is 343 g/mol. The summed E-state index contributed by atoms with van der Waals surface area (Å²) in [6.07, 6.45) is 0. The Labute approximate surface area is 143 Å². The molecule has 0 bridgehead atoms. The van der Waals surface area contributed by atoms with Gasteiger partial charge in [-0.1, -0.05) is 35.6 Å². The van der Waals surface area contributed by atoms with Crippen LogP contribution in [0.3, 0.4) is 0 Å². The van der Waals surface area contributed by atoms with Crippen LogP contribution in [0.5, 0.6) is 0 Å². The van der Waals surface area contributed by atoms with E-state index in [9.17, 15) is 9.18 Å². The maximum atomic E-state index is 13.3. The summed E-state index contributed by atoms with van der Waals surface area (Å²) in [5, 5.41) is 6.69. The zero-order chi connectivity index (χ0) is 17.1. The van der Waals surface area contributed by atoms with Crippen LogP contribution in [0.15, 0.2) is 42.5 Å². The van der Waals surface area contributed by atoms with Crippen molar-refractivity contribution < 1.29 is 9.18 Å². The van der Waals surface area contributed by atoms with Crippen LogP contribution in [0, 0.1) is 12.7 Å². The number of nitrogens with one attached hydrogen (secondary N) is 2. The monoisotopic (exact) mass is 343 g/mol. The molecule has 0 radical (unpaired) electrons. The Balaban J connectivity index is 1.58. The number of carbonyl (C=O) groups is 1. The maximum Gasteiger partial charge on any atom is 0.242 e. The van der Waals surface area contributed by atoms with Crippen LogP contribution in [-0.4, -0.2) is 16.9 Å². The van der Waals surface area contributed by atoms with Crippen molar-refractivity contribution in [3.8, 4) is 0 Å². The third-order valence-electron chi connectivity index (χ3n) is 3.72. The van der Waals surface area contributed by atoms with E-state index in [1.165, 1.54) is 17.4 Å². The Hall–Kier alpha value is -2.47. The van der Waals surface area contributed by atoms with E-state index >= 15 is 0 Å². The van der Waals surface area contributed by atoms with Gasteiger partial charge >= 0.3 is 0 Å². The Morgan fingerprint density at radius 2 is 2.08 bits per heavy atom. The Bertz CT molecular complexity index is 845. The fraction of sp³-hybridized carbons (Fsp3) is 0.222. The van der Waals surface area contributed by atoms with Crippen LogP contribution < -0.4 is 10.6 Å². The number of fused-ring (bicyclic) bond motifs is 1. The molecule has 6 heteroatoms. The number of para-hydroxylation sites is 1. The van der Waals surface area contributed by atoms with Crippen LogP contribution in [0.4, 0.5) is 9.52 Å². The quantitative estimate of drug-likeness (QED) is 0.740. The van der Waals surface area contributed by atoms with E-state index in [1.54, 1.807) is 26.0 Å². The molecule has 1 amide bonds. The van der Waals surface area contributed by atoms with Gasteiger partial charge in [0.15, 0.2) is 5.13 Å². The second kappa shape index (κ2) is 6.97. The van der Waals surface area contributed by atoms with E-state index in [0.717, 1.165) is 20.9 Å². The molecule has 24 heavy (non-hydrogen) atoms. The lowest BCUT2D eigenvalue weighted by molar-refractivity contribution is -0.121. The number of aryl methyl sites for hydroxylation is 1. The molecule has 1 aromatic heterocycles. The van der Waals surface area contributed by atoms with Crippen molar-refractivity contribution in [3.05, 3.63) is 59.4 Å².